The lowest BCUT2D eigenvalue weighted by Crippen LogP contribution is -2.14. The van der Waals surface area contributed by atoms with Crippen LogP contribution in [0.5, 0.6) is 0 Å². The lowest BCUT2D eigenvalue weighted by molar-refractivity contribution is 0.102. The summed E-state index contributed by atoms with van der Waals surface area (Å²) in [5.74, 6) is 0.537. The minimum atomic E-state index is -2.99. The number of carbonyl (C=O) groups excluding carboxylic acids is 1. The molecule has 1 aliphatic heterocycles. The van der Waals surface area contributed by atoms with Crippen LogP contribution < -0.4 is 0 Å². The average molecular weight is 446 g/mol. The molecule has 3 heterocycles. The Hall–Kier alpha value is -2.46. The summed E-state index contributed by atoms with van der Waals surface area (Å²) in [6, 6.07) is 11.6. The van der Waals surface area contributed by atoms with Crippen molar-refractivity contribution < 1.29 is 13.2 Å². The minimum absolute atomic E-state index is 0.0190. The lowest BCUT2D eigenvalue weighted by atomic mass is 10.2. The van der Waals surface area contributed by atoms with Gasteiger partial charge in [-0.2, -0.15) is 0 Å². The number of rotatable bonds is 7. The number of tetrazole rings is 1. The van der Waals surface area contributed by atoms with Gasteiger partial charge >= 0.3 is 0 Å². The Bertz CT molecular complexity index is 1170. The molecule has 0 spiro atoms. The van der Waals surface area contributed by atoms with E-state index in [9.17, 15) is 13.2 Å². The average Bonchev–Trinajstić information content (AvgIpc) is 3.38. The number of ketones is 1. The van der Waals surface area contributed by atoms with Crippen molar-refractivity contribution in [3.8, 4) is 0 Å². The Morgan fingerprint density at radius 3 is 2.70 bits per heavy atom. The molecule has 0 aliphatic carbocycles. The molecule has 30 heavy (non-hydrogen) atoms. The van der Waals surface area contributed by atoms with Gasteiger partial charge in [0.2, 0.25) is 5.16 Å². The van der Waals surface area contributed by atoms with Crippen LogP contribution in [0.15, 0.2) is 41.6 Å². The number of hydrogen-bond donors (Lipinski definition) is 0. The first kappa shape index (κ1) is 20.8. The predicted octanol–water partition coefficient (Wildman–Crippen LogP) is 2.47. The number of carbonyl (C=O) groups is 1. The maximum Gasteiger partial charge on any atom is 0.210 e. The van der Waals surface area contributed by atoms with E-state index in [0.29, 0.717) is 23.7 Å². The van der Waals surface area contributed by atoms with E-state index in [0.717, 1.165) is 17.0 Å². The maximum absolute atomic E-state index is 12.9. The lowest BCUT2D eigenvalue weighted by Gasteiger charge is -2.16. The highest BCUT2D eigenvalue weighted by Crippen LogP contribution is 2.30. The van der Waals surface area contributed by atoms with E-state index in [2.05, 4.69) is 15.5 Å². The van der Waals surface area contributed by atoms with Gasteiger partial charge in [-0.3, -0.25) is 4.79 Å². The van der Waals surface area contributed by atoms with Gasteiger partial charge in [-0.15, -0.1) is 5.10 Å². The van der Waals surface area contributed by atoms with Gasteiger partial charge < -0.3 is 4.57 Å². The van der Waals surface area contributed by atoms with Crippen molar-refractivity contribution in [3.63, 3.8) is 0 Å². The third-order valence-corrected chi connectivity index (χ3v) is 8.07. The van der Waals surface area contributed by atoms with E-state index in [-0.39, 0.29) is 29.1 Å². The second kappa shape index (κ2) is 8.35. The van der Waals surface area contributed by atoms with Crippen LogP contribution in [0.25, 0.3) is 0 Å². The number of aromatic nitrogens is 5. The largest absolute Gasteiger partial charge is 0.344 e. The molecule has 10 heteroatoms. The Balaban J connectivity index is 1.46. The first-order chi connectivity index (χ1) is 14.3. The van der Waals surface area contributed by atoms with Crippen molar-refractivity contribution in [1.29, 1.82) is 0 Å². The van der Waals surface area contributed by atoms with Gasteiger partial charge in [-0.05, 0) is 42.3 Å². The molecule has 2 aromatic heterocycles. The number of thioether (sulfide) groups is 1. The molecule has 1 aromatic carbocycles. The molecule has 0 N–H and O–H groups in total. The van der Waals surface area contributed by atoms with Crippen LogP contribution in [0.3, 0.4) is 0 Å². The van der Waals surface area contributed by atoms with Crippen molar-refractivity contribution in [2.24, 2.45) is 0 Å². The number of aryl methyl sites for hydroxylation is 1. The van der Waals surface area contributed by atoms with Crippen LogP contribution in [0.4, 0.5) is 0 Å². The van der Waals surface area contributed by atoms with Gasteiger partial charge in [0.1, 0.15) is 0 Å². The van der Waals surface area contributed by atoms with Crippen molar-refractivity contribution >= 4 is 27.4 Å². The Labute approximate surface area is 179 Å². The van der Waals surface area contributed by atoms with Gasteiger partial charge in [-0.1, -0.05) is 42.1 Å². The third-order valence-electron chi connectivity index (χ3n) is 5.36. The SMILES string of the molecule is Cc1cc(C(=O)CSc2nnnn2Cc2ccccc2)c(C)n1[C@H]1CCS(=O)(=O)C1. The van der Waals surface area contributed by atoms with Crippen molar-refractivity contribution in [2.75, 3.05) is 17.3 Å². The Morgan fingerprint density at radius 2 is 2.00 bits per heavy atom. The highest BCUT2D eigenvalue weighted by molar-refractivity contribution is 7.99. The summed E-state index contributed by atoms with van der Waals surface area (Å²) >= 11 is 1.30. The predicted molar refractivity (Wildman–Crippen MR) is 115 cm³/mol. The smallest absolute Gasteiger partial charge is 0.210 e. The fourth-order valence-electron chi connectivity index (χ4n) is 3.96. The van der Waals surface area contributed by atoms with E-state index in [4.69, 9.17) is 0 Å². The normalized spacial score (nSPS) is 18.0. The second-order valence-corrected chi connectivity index (χ2v) is 10.7. The Kier molecular flexibility index (Phi) is 5.79. The Morgan fingerprint density at radius 1 is 1.23 bits per heavy atom. The summed E-state index contributed by atoms with van der Waals surface area (Å²) in [5.41, 5.74) is 3.44. The van der Waals surface area contributed by atoms with Crippen LogP contribution >= 0.6 is 11.8 Å². The molecule has 158 valence electrons. The summed E-state index contributed by atoms with van der Waals surface area (Å²) in [7, 11) is -2.99. The van der Waals surface area contributed by atoms with E-state index >= 15 is 0 Å². The maximum atomic E-state index is 12.9. The highest BCUT2D eigenvalue weighted by atomic mass is 32.2. The van der Waals surface area contributed by atoms with Crippen molar-refractivity contribution in [2.45, 2.75) is 38.0 Å². The quantitative estimate of drug-likeness (QED) is 0.407. The van der Waals surface area contributed by atoms with Crippen LogP contribution in [0.1, 0.15) is 39.8 Å². The zero-order valence-electron chi connectivity index (χ0n) is 16.9. The minimum Gasteiger partial charge on any atom is -0.344 e. The molecule has 0 radical (unpaired) electrons. The summed E-state index contributed by atoms with van der Waals surface area (Å²) < 4.78 is 27.4. The van der Waals surface area contributed by atoms with E-state index < -0.39 is 9.84 Å². The summed E-state index contributed by atoms with van der Waals surface area (Å²) in [6.07, 6.45) is 0.593. The molecule has 0 saturated carbocycles. The molecule has 0 amide bonds. The molecule has 1 atom stereocenters. The molecule has 4 rings (SSSR count). The second-order valence-electron chi connectivity index (χ2n) is 7.53. The van der Waals surface area contributed by atoms with E-state index in [1.54, 1.807) is 4.68 Å². The fourth-order valence-corrected chi connectivity index (χ4v) is 6.42. The fraction of sp³-hybridized carbons (Fsp3) is 0.400. The van der Waals surface area contributed by atoms with Crippen LogP contribution in [-0.4, -0.2) is 56.2 Å². The summed E-state index contributed by atoms with van der Waals surface area (Å²) in [6.45, 7) is 4.34. The third kappa shape index (κ3) is 4.34. The molecule has 0 unspecified atom stereocenters. The van der Waals surface area contributed by atoms with Crippen molar-refractivity contribution in [3.05, 3.63) is 58.9 Å². The zero-order valence-corrected chi connectivity index (χ0v) is 18.5. The molecular formula is C20H23N5O3S2. The van der Waals surface area contributed by atoms with Gasteiger partial charge in [0.15, 0.2) is 15.6 Å². The van der Waals surface area contributed by atoms with Crippen LogP contribution in [0, 0.1) is 13.8 Å². The zero-order chi connectivity index (χ0) is 21.3. The van der Waals surface area contributed by atoms with Crippen molar-refractivity contribution in [1.82, 2.24) is 24.8 Å². The summed E-state index contributed by atoms with van der Waals surface area (Å²) in [5, 5.41) is 12.4. The number of Topliss-reactive ketones (excluding diaryl/α,β-unsaturated/α-hetero) is 1. The highest BCUT2D eigenvalue weighted by Gasteiger charge is 2.31. The first-order valence-corrected chi connectivity index (χ1v) is 12.5. The monoisotopic (exact) mass is 445 g/mol. The molecular weight excluding hydrogens is 422 g/mol. The molecule has 1 fully saturated rings. The van der Waals surface area contributed by atoms with Crippen LogP contribution in [-0.2, 0) is 16.4 Å². The number of benzene rings is 1. The van der Waals surface area contributed by atoms with E-state index in [1.807, 2.05) is 54.8 Å². The molecule has 1 aliphatic rings. The van der Waals surface area contributed by atoms with Gasteiger partial charge in [0, 0.05) is 23.0 Å². The molecule has 3 aromatic rings. The van der Waals surface area contributed by atoms with Gasteiger partial charge in [0.05, 0.1) is 23.8 Å². The first-order valence-electron chi connectivity index (χ1n) is 9.69. The standard InChI is InChI=1S/C20H23N5O3S2/c1-14-10-18(15(2)25(14)17-8-9-30(27,28)13-17)19(26)12-29-20-21-22-23-24(20)11-16-6-4-3-5-7-16/h3-7,10,17H,8-9,11-13H2,1-2H3/t17-/m0/s1. The number of hydrogen-bond acceptors (Lipinski definition) is 7. The topological polar surface area (TPSA) is 99.7 Å². The van der Waals surface area contributed by atoms with E-state index in [1.165, 1.54) is 11.8 Å². The molecule has 8 nitrogen and oxygen atoms in total. The molecule has 0 bridgehead atoms. The van der Waals surface area contributed by atoms with Gasteiger partial charge in [0.25, 0.3) is 0 Å². The number of nitrogens with zero attached hydrogens (tertiary/aromatic N) is 5. The summed E-state index contributed by atoms with van der Waals surface area (Å²) in [4.78, 5) is 12.9. The van der Waals surface area contributed by atoms with Gasteiger partial charge in [-0.25, -0.2) is 13.1 Å². The molecule has 1 saturated heterocycles. The van der Waals surface area contributed by atoms with Crippen LogP contribution in [0.2, 0.25) is 0 Å². The number of sulfone groups is 1.